The first kappa shape index (κ1) is 22.2. The molecule has 1 aliphatic rings. The summed E-state index contributed by atoms with van der Waals surface area (Å²) in [5, 5.41) is 4.56. The second-order valence-electron chi connectivity index (χ2n) is 8.26. The summed E-state index contributed by atoms with van der Waals surface area (Å²) in [6.07, 6.45) is 5.64. The SMILES string of the molecule is O=C(CS(=O)Cc1cnn(-c2ccccc2)c1-n1cccc1)N1CCN(c2ccccc2)CC1. The number of piperazine rings is 1. The van der Waals surface area contributed by atoms with Gasteiger partial charge >= 0.3 is 0 Å². The molecule has 0 aliphatic carbocycles. The van der Waals surface area contributed by atoms with Crippen LogP contribution in [0.2, 0.25) is 0 Å². The first-order valence-corrected chi connectivity index (χ1v) is 12.9. The van der Waals surface area contributed by atoms with Gasteiger partial charge < -0.3 is 14.4 Å². The highest BCUT2D eigenvalue weighted by Crippen LogP contribution is 2.21. The first-order chi connectivity index (χ1) is 16.7. The largest absolute Gasteiger partial charge is 0.368 e. The van der Waals surface area contributed by atoms with E-state index in [1.54, 1.807) is 6.20 Å². The van der Waals surface area contributed by atoms with Crippen LogP contribution in [0.4, 0.5) is 5.69 Å². The molecule has 174 valence electrons. The lowest BCUT2D eigenvalue weighted by Crippen LogP contribution is -2.50. The minimum atomic E-state index is -1.33. The Bertz CT molecular complexity index is 1250. The third kappa shape index (κ3) is 4.82. The molecule has 2 aromatic heterocycles. The van der Waals surface area contributed by atoms with Crippen molar-refractivity contribution in [2.45, 2.75) is 5.75 Å². The molecule has 0 N–H and O–H groups in total. The van der Waals surface area contributed by atoms with Crippen molar-refractivity contribution in [1.82, 2.24) is 19.2 Å². The van der Waals surface area contributed by atoms with Gasteiger partial charge in [0.1, 0.15) is 11.6 Å². The van der Waals surface area contributed by atoms with Gasteiger partial charge in [0.05, 0.1) is 17.6 Å². The molecule has 1 saturated heterocycles. The maximum atomic E-state index is 13.0. The van der Waals surface area contributed by atoms with E-state index in [2.05, 4.69) is 22.1 Å². The van der Waals surface area contributed by atoms with E-state index in [-0.39, 0.29) is 17.4 Å². The second-order valence-corrected chi connectivity index (χ2v) is 9.72. The number of amides is 1. The number of benzene rings is 2. The Labute approximate surface area is 201 Å². The van der Waals surface area contributed by atoms with Gasteiger partial charge in [-0.25, -0.2) is 4.68 Å². The summed E-state index contributed by atoms with van der Waals surface area (Å²) < 4.78 is 16.8. The minimum absolute atomic E-state index is 0.0208. The Kier molecular flexibility index (Phi) is 6.58. The summed E-state index contributed by atoms with van der Waals surface area (Å²) in [4.78, 5) is 17.0. The van der Waals surface area contributed by atoms with Gasteiger partial charge in [-0.3, -0.25) is 9.00 Å². The van der Waals surface area contributed by atoms with Gasteiger partial charge in [0.2, 0.25) is 5.91 Å². The molecule has 8 heteroatoms. The van der Waals surface area contributed by atoms with Gasteiger partial charge in [0, 0.05) is 60.6 Å². The molecule has 1 atom stereocenters. The highest BCUT2D eigenvalue weighted by atomic mass is 32.2. The van der Waals surface area contributed by atoms with Crippen molar-refractivity contribution >= 4 is 22.4 Å². The molecule has 0 saturated carbocycles. The van der Waals surface area contributed by atoms with E-state index in [1.165, 1.54) is 5.69 Å². The van der Waals surface area contributed by atoms with Crippen molar-refractivity contribution in [3.05, 3.63) is 97.0 Å². The van der Waals surface area contributed by atoms with Crippen LogP contribution in [0.3, 0.4) is 0 Å². The Balaban J connectivity index is 1.25. The highest BCUT2D eigenvalue weighted by Gasteiger charge is 2.24. The zero-order valence-electron chi connectivity index (χ0n) is 18.9. The topological polar surface area (TPSA) is 63.4 Å². The van der Waals surface area contributed by atoms with Crippen LogP contribution in [0.15, 0.2) is 91.4 Å². The van der Waals surface area contributed by atoms with Gasteiger partial charge in [0.25, 0.3) is 0 Å². The molecule has 1 unspecified atom stereocenters. The minimum Gasteiger partial charge on any atom is -0.368 e. The first-order valence-electron chi connectivity index (χ1n) is 11.4. The smallest absolute Gasteiger partial charge is 0.235 e. The monoisotopic (exact) mass is 473 g/mol. The van der Waals surface area contributed by atoms with Crippen LogP contribution in [0.1, 0.15) is 5.56 Å². The molecule has 0 spiro atoms. The standard InChI is InChI=1S/C26H27N5O2S/c32-25(29-17-15-28(16-18-29)23-9-3-1-4-10-23)21-34(33)20-22-19-27-31(24-11-5-2-6-12-24)26(22)30-13-7-8-14-30/h1-14,19H,15-18,20-21H2. The molecule has 0 radical (unpaired) electrons. The number of hydrogen-bond acceptors (Lipinski definition) is 4. The number of rotatable bonds is 7. The van der Waals surface area contributed by atoms with E-state index in [9.17, 15) is 9.00 Å². The molecule has 1 amide bonds. The molecule has 2 aromatic carbocycles. The molecule has 1 aliphatic heterocycles. The molecular formula is C26H27N5O2S. The van der Waals surface area contributed by atoms with Crippen LogP contribution in [-0.2, 0) is 21.3 Å². The predicted molar refractivity (Wildman–Crippen MR) is 135 cm³/mol. The number of para-hydroxylation sites is 2. The predicted octanol–water partition coefficient (Wildman–Crippen LogP) is 3.26. The summed E-state index contributed by atoms with van der Waals surface area (Å²) in [6.45, 7) is 2.85. The Hall–Kier alpha value is -3.65. The van der Waals surface area contributed by atoms with Crippen molar-refractivity contribution < 1.29 is 9.00 Å². The van der Waals surface area contributed by atoms with Crippen molar-refractivity contribution in [3.63, 3.8) is 0 Å². The lowest BCUT2D eigenvalue weighted by atomic mass is 10.2. The van der Waals surface area contributed by atoms with Crippen LogP contribution in [-0.4, -0.2) is 61.3 Å². The van der Waals surface area contributed by atoms with Crippen molar-refractivity contribution in [2.24, 2.45) is 0 Å². The van der Waals surface area contributed by atoms with Crippen molar-refractivity contribution in [2.75, 3.05) is 36.8 Å². The van der Waals surface area contributed by atoms with Gasteiger partial charge in [-0.2, -0.15) is 5.10 Å². The third-order valence-corrected chi connectivity index (χ3v) is 7.22. The summed E-state index contributed by atoms with van der Waals surface area (Å²) in [5.41, 5.74) is 2.95. The van der Waals surface area contributed by atoms with E-state index in [0.717, 1.165) is 30.2 Å². The lowest BCUT2D eigenvalue weighted by molar-refractivity contribution is -0.128. The average molecular weight is 474 g/mol. The third-order valence-electron chi connectivity index (χ3n) is 6.02. The van der Waals surface area contributed by atoms with Crippen molar-refractivity contribution in [3.8, 4) is 11.5 Å². The zero-order chi connectivity index (χ0) is 23.3. The molecule has 1 fully saturated rings. The van der Waals surface area contributed by atoms with E-state index < -0.39 is 10.8 Å². The van der Waals surface area contributed by atoms with Crippen LogP contribution < -0.4 is 4.90 Å². The van der Waals surface area contributed by atoms with E-state index in [0.29, 0.717) is 13.1 Å². The molecule has 5 rings (SSSR count). The second kappa shape index (κ2) is 10.1. The maximum absolute atomic E-state index is 13.0. The number of hydrogen-bond donors (Lipinski definition) is 0. The van der Waals surface area contributed by atoms with Crippen LogP contribution in [0.25, 0.3) is 11.5 Å². The summed E-state index contributed by atoms with van der Waals surface area (Å²) in [5.74, 6) is 1.08. The van der Waals surface area contributed by atoms with Crippen molar-refractivity contribution in [1.29, 1.82) is 0 Å². The fraction of sp³-hybridized carbons (Fsp3) is 0.231. The molecule has 3 heterocycles. The van der Waals surface area contributed by atoms with E-state index >= 15 is 0 Å². The number of aromatic nitrogens is 3. The average Bonchev–Trinajstić information content (AvgIpc) is 3.55. The van der Waals surface area contributed by atoms with Gasteiger partial charge in [0.15, 0.2) is 0 Å². The fourth-order valence-corrected chi connectivity index (χ4v) is 5.40. The lowest BCUT2D eigenvalue weighted by Gasteiger charge is -2.36. The molecular weight excluding hydrogens is 446 g/mol. The molecule has 7 nitrogen and oxygen atoms in total. The quantitative estimate of drug-likeness (QED) is 0.413. The van der Waals surface area contributed by atoms with E-state index in [1.807, 2.05) is 87.2 Å². The van der Waals surface area contributed by atoms with Gasteiger partial charge in [-0.05, 0) is 36.4 Å². The van der Waals surface area contributed by atoms with Crippen LogP contribution >= 0.6 is 0 Å². The fourth-order valence-electron chi connectivity index (χ4n) is 4.29. The Morgan fingerprint density at radius 2 is 1.44 bits per heavy atom. The number of nitrogens with zero attached hydrogens (tertiary/aromatic N) is 5. The van der Waals surface area contributed by atoms with Crippen LogP contribution in [0.5, 0.6) is 0 Å². The highest BCUT2D eigenvalue weighted by molar-refractivity contribution is 7.84. The number of anilines is 1. The van der Waals surface area contributed by atoms with E-state index in [4.69, 9.17) is 0 Å². The molecule has 4 aromatic rings. The van der Waals surface area contributed by atoms with Gasteiger partial charge in [-0.15, -0.1) is 0 Å². The Morgan fingerprint density at radius 3 is 2.09 bits per heavy atom. The number of carbonyl (C=O) groups is 1. The molecule has 0 bridgehead atoms. The summed E-state index contributed by atoms with van der Waals surface area (Å²) >= 11 is 0. The number of carbonyl (C=O) groups excluding carboxylic acids is 1. The Morgan fingerprint density at radius 1 is 0.824 bits per heavy atom. The summed E-state index contributed by atoms with van der Waals surface area (Å²) in [6, 6.07) is 24.0. The zero-order valence-corrected chi connectivity index (χ0v) is 19.7. The summed E-state index contributed by atoms with van der Waals surface area (Å²) in [7, 11) is -1.33. The van der Waals surface area contributed by atoms with Crippen LogP contribution in [0, 0.1) is 0 Å². The molecule has 34 heavy (non-hydrogen) atoms. The maximum Gasteiger partial charge on any atom is 0.235 e. The van der Waals surface area contributed by atoms with Gasteiger partial charge in [-0.1, -0.05) is 36.4 Å². The normalized spacial score (nSPS) is 14.8.